The van der Waals surface area contributed by atoms with Crippen LogP contribution in [0.5, 0.6) is 5.75 Å². The molecule has 1 fully saturated rings. The van der Waals surface area contributed by atoms with Crippen molar-refractivity contribution in [1.82, 2.24) is 19.4 Å². The van der Waals surface area contributed by atoms with Crippen molar-refractivity contribution in [2.45, 2.75) is 18.9 Å². The van der Waals surface area contributed by atoms with Crippen molar-refractivity contribution in [3.8, 4) is 17.1 Å². The van der Waals surface area contributed by atoms with E-state index in [4.69, 9.17) is 4.98 Å². The molecule has 5 heteroatoms. The summed E-state index contributed by atoms with van der Waals surface area (Å²) in [7, 11) is 2.16. The molecule has 1 aliphatic rings. The molecule has 0 amide bonds. The molecule has 1 saturated heterocycles. The summed E-state index contributed by atoms with van der Waals surface area (Å²) in [5, 5.41) is 9.83. The lowest BCUT2D eigenvalue weighted by Gasteiger charge is -2.31. The molecule has 3 heterocycles. The fourth-order valence-corrected chi connectivity index (χ4v) is 3.47. The van der Waals surface area contributed by atoms with Gasteiger partial charge < -0.3 is 14.6 Å². The lowest BCUT2D eigenvalue weighted by Crippen LogP contribution is -2.33. The van der Waals surface area contributed by atoms with Crippen LogP contribution >= 0.6 is 0 Å². The summed E-state index contributed by atoms with van der Waals surface area (Å²) in [6.45, 7) is 2.13. The molecular weight excluding hydrogens is 288 g/mol. The molecule has 5 nitrogen and oxygen atoms in total. The highest BCUT2D eigenvalue weighted by Gasteiger charge is 2.24. The SMILES string of the molecule is CN1CCCC(n2c(-c3cccc(O)c3)nc3cccnc32)C1. The molecule has 0 aliphatic carbocycles. The van der Waals surface area contributed by atoms with Crippen molar-refractivity contribution in [1.29, 1.82) is 0 Å². The number of likely N-dealkylation sites (tertiary alicyclic amines) is 1. The van der Waals surface area contributed by atoms with Gasteiger partial charge in [0.1, 0.15) is 17.1 Å². The molecule has 1 aliphatic heterocycles. The van der Waals surface area contributed by atoms with Crippen molar-refractivity contribution in [2.75, 3.05) is 20.1 Å². The number of nitrogens with zero attached hydrogens (tertiary/aromatic N) is 4. The number of fused-ring (bicyclic) bond motifs is 1. The van der Waals surface area contributed by atoms with Crippen LogP contribution in [0.1, 0.15) is 18.9 Å². The fraction of sp³-hybridized carbons (Fsp3) is 0.333. The predicted octanol–water partition coefficient (Wildman–Crippen LogP) is 3.07. The third-order valence-electron chi connectivity index (χ3n) is 4.52. The lowest BCUT2D eigenvalue weighted by molar-refractivity contribution is 0.215. The molecule has 3 aromatic rings. The topological polar surface area (TPSA) is 54.2 Å². The van der Waals surface area contributed by atoms with Gasteiger partial charge in [-0.05, 0) is 50.7 Å². The van der Waals surface area contributed by atoms with Crippen LogP contribution in [0.25, 0.3) is 22.6 Å². The zero-order chi connectivity index (χ0) is 15.8. The Bertz CT molecular complexity index is 842. The van der Waals surface area contributed by atoms with Gasteiger partial charge in [-0.2, -0.15) is 0 Å². The van der Waals surface area contributed by atoms with Crippen LogP contribution in [0, 0.1) is 0 Å². The minimum Gasteiger partial charge on any atom is -0.508 e. The fourth-order valence-electron chi connectivity index (χ4n) is 3.47. The van der Waals surface area contributed by atoms with Gasteiger partial charge in [-0.3, -0.25) is 0 Å². The molecule has 0 spiro atoms. The zero-order valence-electron chi connectivity index (χ0n) is 13.2. The number of rotatable bonds is 2. The number of aromatic hydroxyl groups is 1. The first-order valence-corrected chi connectivity index (χ1v) is 8.03. The Morgan fingerprint density at radius 2 is 2.13 bits per heavy atom. The number of pyridine rings is 1. The smallest absolute Gasteiger partial charge is 0.160 e. The highest BCUT2D eigenvalue weighted by atomic mass is 16.3. The highest BCUT2D eigenvalue weighted by molar-refractivity contribution is 5.77. The van der Waals surface area contributed by atoms with Gasteiger partial charge in [0.2, 0.25) is 0 Å². The predicted molar refractivity (Wildman–Crippen MR) is 90.4 cm³/mol. The third kappa shape index (κ3) is 2.57. The maximum absolute atomic E-state index is 9.83. The van der Waals surface area contributed by atoms with Crippen LogP contribution in [0.15, 0.2) is 42.6 Å². The van der Waals surface area contributed by atoms with E-state index in [1.165, 1.54) is 6.42 Å². The molecular formula is C18H20N4O. The van der Waals surface area contributed by atoms with E-state index in [1.54, 1.807) is 12.1 Å². The first kappa shape index (κ1) is 14.2. The largest absolute Gasteiger partial charge is 0.508 e. The van der Waals surface area contributed by atoms with Gasteiger partial charge in [-0.25, -0.2) is 9.97 Å². The van der Waals surface area contributed by atoms with Crippen LogP contribution in [-0.4, -0.2) is 44.7 Å². The van der Waals surface area contributed by atoms with E-state index in [0.717, 1.165) is 42.1 Å². The molecule has 23 heavy (non-hydrogen) atoms. The molecule has 118 valence electrons. The Hall–Kier alpha value is -2.40. The van der Waals surface area contributed by atoms with Gasteiger partial charge in [0, 0.05) is 24.3 Å². The van der Waals surface area contributed by atoms with Gasteiger partial charge in [0.05, 0.1) is 0 Å². The van der Waals surface area contributed by atoms with E-state index >= 15 is 0 Å². The van der Waals surface area contributed by atoms with Crippen molar-refractivity contribution >= 4 is 11.2 Å². The summed E-state index contributed by atoms with van der Waals surface area (Å²) in [6, 6.07) is 11.6. The average Bonchev–Trinajstić information content (AvgIpc) is 2.94. The van der Waals surface area contributed by atoms with E-state index in [1.807, 2.05) is 30.5 Å². The number of phenols is 1. The molecule has 1 N–H and O–H groups in total. The van der Waals surface area contributed by atoms with Crippen LogP contribution in [-0.2, 0) is 0 Å². The molecule has 1 atom stereocenters. The standard InChI is InChI=1S/C18H20N4O/c1-21-10-4-6-14(12-21)22-17(13-5-2-7-15(23)11-13)20-16-8-3-9-19-18(16)22/h2-3,5,7-9,11,14,23H,4,6,10,12H2,1H3. The monoisotopic (exact) mass is 308 g/mol. The van der Waals surface area contributed by atoms with Gasteiger partial charge in [-0.15, -0.1) is 0 Å². The molecule has 4 rings (SSSR count). The second kappa shape index (κ2) is 5.66. The Labute approximate surface area is 135 Å². The molecule has 0 saturated carbocycles. The Morgan fingerprint density at radius 3 is 2.96 bits per heavy atom. The maximum Gasteiger partial charge on any atom is 0.160 e. The van der Waals surface area contributed by atoms with Gasteiger partial charge in [-0.1, -0.05) is 12.1 Å². The first-order chi connectivity index (χ1) is 11.2. The van der Waals surface area contributed by atoms with Crippen molar-refractivity contribution < 1.29 is 5.11 Å². The third-order valence-corrected chi connectivity index (χ3v) is 4.52. The Kier molecular flexibility index (Phi) is 3.50. The van der Waals surface area contributed by atoms with Crippen molar-refractivity contribution in [3.05, 3.63) is 42.6 Å². The molecule has 0 bridgehead atoms. The minimum absolute atomic E-state index is 0.259. The number of benzene rings is 1. The minimum atomic E-state index is 0.259. The number of piperidine rings is 1. The summed E-state index contributed by atoms with van der Waals surface area (Å²) >= 11 is 0. The van der Waals surface area contributed by atoms with Crippen LogP contribution in [0.4, 0.5) is 0 Å². The summed E-state index contributed by atoms with van der Waals surface area (Å²) in [6.07, 6.45) is 4.12. The lowest BCUT2D eigenvalue weighted by atomic mass is 10.1. The van der Waals surface area contributed by atoms with E-state index in [9.17, 15) is 5.11 Å². The quantitative estimate of drug-likeness (QED) is 0.790. The van der Waals surface area contributed by atoms with E-state index in [2.05, 4.69) is 21.5 Å². The highest BCUT2D eigenvalue weighted by Crippen LogP contribution is 2.32. The van der Waals surface area contributed by atoms with E-state index < -0.39 is 0 Å². The number of hydrogen-bond donors (Lipinski definition) is 1. The summed E-state index contributed by atoms with van der Waals surface area (Å²) in [4.78, 5) is 11.7. The summed E-state index contributed by atoms with van der Waals surface area (Å²) < 4.78 is 2.25. The van der Waals surface area contributed by atoms with Gasteiger partial charge in [0.25, 0.3) is 0 Å². The average molecular weight is 308 g/mol. The summed E-state index contributed by atoms with van der Waals surface area (Å²) in [5.41, 5.74) is 2.75. The number of likely N-dealkylation sites (N-methyl/N-ethyl adjacent to an activating group) is 1. The van der Waals surface area contributed by atoms with Crippen molar-refractivity contribution in [3.63, 3.8) is 0 Å². The summed E-state index contributed by atoms with van der Waals surface area (Å²) in [5.74, 6) is 1.14. The van der Waals surface area contributed by atoms with Crippen LogP contribution in [0.3, 0.4) is 0 Å². The van der Waals surface area contributed by atoms with Crippen LogP contribution < -0.4 is 0 Å². The number of hydrogen-bond acceptors (Lipinski definition) is 4. The zero-order valence-corrected chi connectivity index (χ0v) is 13.2. The van der Waals surface area contributed by atoms with Crippen molar-refractivity contribution in [2.24, 2.45) is 0 Å². The second-order valence-electron chi connectivity index (χ2n) is 6.26. The molecule has 0 radical (unpaired) electrons. The maximum atomic E-state index is 9.83. The molecule has 1 aromatic carbocycles. The van der Waals surface area contributed by atoms with E-state index in [-0.39, 0.29) is 5.75 Å². The number of phenolic OH excluding ortho intramolecular Hbond substituents is 1. The van der Waals surface area contributed by atoms with Crippen LogP contribution in [0.2, 0.25) is 0 Å². The Balaban J connectivity index is 1.91. The van der Waals surface area contributed by atoms with E-state index in [0.29, 0.717) is 6.04 Å². The molecule has 2 aromatic heterocycles. The normalized spacial score (nSPS) is 19.3. The number of imidazole rings is 1. The first-order valence-electron chi connectivity index (χ1n) is 8.03. The van der Waals surface area contributed by atoms with Gasteiger partial charge in [0.15, 0.2) is 5.65 Å². The Morgan fingerprint density at radius 1 is 1.22 bits per heavy atom. The molecule has 1 unspecified atom stereocenters. The number of aromatic nitrogens is 3. The second-order valence-corrected chi connectivity index (χ2v) is 6.26. The van der Waals surface area contributed by atoms with Gasteiger partial charge >= 0.3 is 0 Å².